The zero-order valence-electron chi connectivity index (χ0n) is 9.84. The molecule has 1 aromatic carbocycles. The number of carbonyl (C=O) groups is 1. The molecule has 2 rings (SSSR count). The molecular weight excluding hydrogens is 267 g/mol. The van der Waals surface area contributed by atoms with Crippen LogP contribution in [-0.2, 0) is 6.54 Å². The summed E-state index contributed by atoms with van der Waals surface area (Å²) in [6.45, 7) is 0.285. The second-order valence-electron chi connectivity index (χ2n) is 3.68. The Morgan fingerprint density at radius 1 is 1.32 bits per heavy atom. The van der Waals surface area contributed by atoms with Gasteiger partial charge in [0.2, 0.25) is 0 Å². The first-order chi connectivity index (χ1) is 9.18. The van der Waals surface area contributed by atoms with Crippen molar-refractivity contribution in [1.82, 2.24) is 9.71 Å². The highest BCUT2D eigenvalue weighted by Crippen LogP contribution is 2.18. The van der Waals surface area contributed by atoms with Gasteiger partial charge in [0.15, 0.2) is 0 Å². The summed E-state index contributed by atoms with van der Waals surface area (Å²) in [5, 5.41) is 9.34. The highest BCUT2D eigenvalue weighted by Gasteiger charge is 2.11. The third kappa shape index (κ3) is 3.52. The molecule has 0 fully saturated rings. The van der Waals surface area contributed by atoms with Gasteiger partial charge in [0, 0.05) is 18.3 Å². The Kier molecular flexibility index (Phi) is 4.48. The molecule has 0 saturated carbocycles. The van der Waals surface area contributed by atoms with Crippen LogP contribution in [0, 0.1) is 5.82 Å². The van der Waals surface area contributed by atoms with Gasteiger partial charge in [-0.2, -0.15) is 0 Å². The number of halogens is 1. The average Bonchev–Trinajstić information content (AvgIpc) is 2.41. The molecule has 0 unspecified atom stereocenters. The van der Waals surface area contributed by atoms with Crippen molar-refractivity contribution in [2.45, 2.75) is 11.6 Å². The molecule has 19 heavy (non-hydrogen) atoms. The lowest BCUT2D eigenvalue weighted by atomic mass is 10.2. The van der Waals surface area contributed by atoms with E-state index in [0.29, 0.717) is 10.6 Å². The molecule has 0 aliphatic carbocycles. The van der Waals surface area contributed by atoms with Gasteiger partial charge in [-0.1, -0.05) is 18.2 Å². The first-order valence-corrected chi connectivity index (χ1v) is 6.31. The number of aromatic carboxylic acids is 1. The quantitative estimate of drug-likeness (QED) is 0.823. The van der Waals surface area contributed by atoms with Crippen LogP contribution in [-0.4, -0.2) is 16.1 Å². The van der Waals surface area contributed by atoms with Crippen molar-refractivity contribution in [1.29, 1.82) is 0 Å². The molecule has 0 aliphatic rings. The Labute approximate surface area is 113 Å². The van der Waals surface area contributed by atoms with Crippen LogP contribution < -0.4 is 4.72 Å². The lowest BCUT2D eigenvalue weighted by Gasteiger charge is -2.06. The Hall–Kier alpha value is -1.92. The average molecular weight is 278 g/mol. The maximum Gasteiger partial charge on any atom is 0.338 e. The van der Waals surface area contributed by atoms with Crippen molar-refractivity contribution in [3.63, 3.8) is 0 Å². The van der Waals surface area contributed by atoms with E-state index in [-0.39, 0.29) is 17.9 Å². The van der Waals surface area contributed by atoms with E-state index in [1.54, 1.807) is 24.3 Å². The van der Waals surface area contributed by atoms with Gasteiger partial charge in [-0.05, 0) is 30.1 Å². The number of aromatic nitrogens is 1. The van der Waals surface area contributed by atoms with Crippen LogP contribution in [0.2, 0.25) is 0 Å². The van der Waals surface area contributed by atoms with Gasteiger partial charge in [-0.25, -0.2) is 14.2 Å². The number of hydrogen-bond acceptors (Lipinski definition) is 4. The van der Waals surface area contributed by atoms with E-state index in [4.69, 9.17) is 5.11 Å². The Morgan fingerprint density at radius 3 is 2.84 bits per heavy atom. The predicted molar refractivity (Wildman–Crippen MR) is 70.3 cm³/mol. The summed E-state index contributed by atoms with van der Waals surface area (Å²) >= 11 is 1.07. The molecule has 0 saturated heterocycles. The molecule has 2 N–H and O–H groups in total. The number of hydrogen-bond donors (Lipinski definition) is 2. The van der Waals surface area contributed by atoms with Gasteiger partial charge in [0.25, 0.3) is 0 Å². The molecule has 0 spiro atoms. The lowest BCUT2D eigenvalue weighted by molar-refractivity contribution is 0.0692. The minimum absolute atomic E-state index is 0.119. The Morgan fingerprint density at radius 2 is 2.11 bits per heavy atom. The van der Waals surface area contributed by atoms with Gasteiger partial charge in [0.05, 0.1) is 5.56 Å². The third-order valence-electron chi connectivity index (χ3n) is 2.39. The summed E-state index contributed by atoms with van der Waals surface area (Å²) < 4.78 is 16.3. The van der Waals surface area contributed by atoms with Crippen LogP contribution in [0.1, 0.15) is 15.9 Å². The van der Waals surface area contributed by atoms with Crippen LogP contribution >= 0.6 is 11.9 Å². The molecule has 1 heterocycles. The smallest absolute Gasteiger partial charge is 0.338 e. The van der Waals surface area contributed by atoms with Crippen molar-refractivity contribution in [2.24, 2.45) is 0 Å². The van der Waals surface area contributed by atoms with Gasteiger partial charge in [-0.3, -0.25) is 4.72 Å². The van der Waals surface area contributed by atoms with Gasteiger partial charge in [-0.15, -0.1) is 0 Å². The van der Waals surface area contributed by atoms with E-state index in [1.807, 2.05) is 0 Å². The fourth-order valence-electron chi connectivity index (χ4n) is 1.46. The van der Waals surface area contributed by atoms with E-state index in [2.05, 4.69) is 9.71 Å². The van der Waals surface area contributed by atoms with E-state index in [1.165, 1.54) is 18.3 Å². The Bertz CT molecular complexity index is 592. The van der Waals surface area contributed by atoms with E-state index < -0.39 is 5.97 Å². The van der Waals surface area contributed by atoms with Crippen molar-refractivity contribution in [3.8, 4) is 0 Å². The first kappa shape index (κ1) is 13.5. The number of pyridine rings is 1. The molecule has 0 atom stereocenters. The highest BCUT2D eigenvalue weighted by atomic mass is 32.2. The summed E-state index contributed by atoms with van der Waals surface area (Å²) in [6, 6.07) is 9.44. The lowest BCUT2D eigenvalue weighted by Crippen LogP contribution is -2.08. The molecule has 1 aromatic heterocycles. The number of carboxylic acid groups (broad SMARTS) is 1. The molecule has 0 bridgehead atoms. The van der Waals surface area contributed by atoms with Crippen molar-refractivity contribution in [2.75, 3.05) is 0 Å². The standard InChI is InChI=1S/C13H11FN2O2S/c14-11-6-2-1-4-9(11)8-16-19-12-10(13(17)18)5-3-7-15-12/h1-7,16H,8H2,(H,17,18). The normalized spacial score (nSPS) is 10.4. The zero-order chi connectivity index (χ0) is 13.7. The molecule has 6 heteroatoms. The summed E-state index contributed by atoms with van der Waals surface area (Å²) in [6.07, 6.45) is 1.51. The maximum absolute atomic E-state index is 13.4. The third-order valence-corrected chi connectivity index (χ3v) is 3.20. The summed E-state index contributed by atoms with van der Waals surface area (Å²) in [5.74, 6) is -1.33. The number of benzene rings is 1. The van der Waals surface area contributed by atoms with Crippen LogP contribution in [0.25, 0.3) is 0 Å². The van der Waals surface area contributed by atoms with E-state index in [0.717, 1.165) is 11.9 Å². The fourth-order valence-corrected chi connectivity index (χ4v) is 2.20. The first-order valence-electron chi connectivity index (χ1n) is 5.50. The van der Waals surface area contributed by atoms with Crippen LogP contribution in [0.5, 0.6) is 0 Å². The Balaban J connectivity index is 2.00. The minimum atomic E-state index is -1.04. The number of carboxylic acids is 1. The summed E-state index contributed by atoms with van der Waals surface area (Å²) in [5.41, 5.74) is 0.635. The van der Waals surface area contributed by atoms with Crippen LogP contribution in [0.4, 0.5) is 4.39 Å². The molecule has 0 amide bonds. The van der Waals surface area contributed by atoms with Gasteiger partial charge < -0.3 is 5.11 Å². The molecule has 0 aliphatic heterocycles. The number of nitrogens with one attached hydrogen (secondary N) is 1. The second-order valence-corrected chi connectivity index (χ2v) is 4.56. The summed E-state index contributed by atoms with van der Waals surface area (Å²) in [4.78, 5) is 14.9. The van der Waals surface area contributed by atoms with Gasteiger partial charge in [0.1, 0.15) is 10.8 Å². The van der Waals surface area contributed by atoms with Crippen molar-refractivity contribution >= 4 is 17.9 Å². The SMILES string of the molecule is O=C(O)c1cccnc1SNCc1ccccc1F. The fraction of sp³-hybridized carbons (Fsp3) is 0.0769. The van der Waals surface area contributed by atoms with E-state index in [9.17, 15) is 9.18 Å². The van der Waals surface area contributed by atoms with Crippen molar-refractivity contribution in [3.05, 3.63) is 59.5 Å². The predicted octanol–water partition coefficient (Wildman–Crippen LogP) is 2.72. The zero-order valence-corrected chi connectivity index (χ0v) is 10.7. The molecule has 98 valence electrons. The number of nitrogens with zero attached hydrogens (tertiary/aromatic N) is 1. The van der Waals surface area contributed by atoms with Crippen LogP contribution in [0.15, 0.2) is 47.6 Å². The van der Waals surface area contributed by atoms with E-state index >= 15 is 0 Å². The largest absolute Gasteiger partial charge is 0.478 e. The molecule has 0 radical (unpaired) electrons. The highest BCUT2D eigenvalue weighted by molar-refractivity contribution is 7.97. The number of rotatable bonds is 5. The topological polar surface area (TPSA) is 62.2 Å². The van der Waals surface area contributed by atoms with Crippen molar-refractivity contribution < 1.29 is 14.3 Å². The van der Waals surface area contributed by atoms with Gasteiger partial charge >= 0.3 is 5.97 Å². The monoisotopic (exact) mass is 278 g/mol. The molecule has 2 aromatic rings. The second kappa shape index (κ2) is 6.31. The molecule has 4 nitrogen and oxygen atoms in total. The molecular formula is C13H11FN2O2S. The summed E-state index contributed by atoms with van der Waals surface area (Å²) in [7, 11) is 0. The maximum atomic E-state index is 13.4. The van der Waals surface area contributed by atoms with Crippen LogP contribution in [0.3, 0.4) is 0 Å². The minimum Gasteiger partial charge on any atom is -0.478 e.